The summed E-state index contributed by atoms with van der Waals surface area (Å²) in [5.41, 5.74) is 7.05. The van der Waals surface area contributed by atoms with E-state index in [-0.39, 0.29) is 11.6 Å². The second-order valence-corrected chi connectivity index (χ2v) is 3.91. The SMILES string of the molecule is CC[C@H](N)c1ccc(C(=O)O)cc1Br. The molecule has 0 spiro atoms. The highest BCUT2D eigenvalue weighted by molar-refractivity contribution is 9.10. The van der Waals surface area contributed by atoms with Gasteiger partial charge >= 0.3 is 5.97 Å². The van der Waals surface area contributed by atoms with E-state index in [1.54, 1.807) is 18.2 Å². The molecule has 4 heteroatoms. The Morgan fingerprint density at radius 1 is 1.64 bits per heavy atom. The molecule has 0 saturated heterocycles. The summed E-state index contributed by atoms with van der Waals surface area (Å²) in [7, 11) is 0. The lowest BCUT2D eigenvalue weighted by atomic mass is 10.0. The first-order chi connectivity index (χ1) is 6.56. The highest BCUT2D eigenvalue weighted by atomic mass is 79.9. The summed E-state index contributed by atoms with van der Waals surface area (Å²) in [6.07, 6.45) is 0.824. The first kappa shape index (κ1) is 11.2. The average molecular weight is 258 g/mol. The standard InChI is InChI=1S/C10H12BrNO2/c1-2-9(12)7-4-3-6(10(13)14)5-8(7)11/h3-5,9H,2,12H2,1H3,(H,13,14)/t9-/m0/s1. The quantitative estimate of drug-likeness (QED) is 0.875. The Hall–Kier alpha value is -0.870. The van der Waals surface area contributed by atoms with Crippen LogP contribution in [0, 0.1) is 0 Å². The minimum atomic E-state index is -0.928. The summed E-state index contributed by atoms with van der Waals surface area (Å²) in [5.74, 6) is -0.928. The van der Waals surface area contributed by atoms with Crippen LogP contribution in [0.4, 0.5) is 0 Å². The smallest absolute Gasteiger partial charge is 0.335 e. The van der Waals surface area contributed by atoms with Crippen molar-refractivity contribution in [3.8, 4) is 0 Å². The topological polar surface area (TPSA) is 63.3 Å². The lowest BCUT2D eigenvalue weighted by molar-refractivity contribution is 0.0697. The van der Waals surface area contributed by atoms with E-state index in [2.05, 4.69) is 15.9 Å². The van der Waals surface area contributed by atoms with Gasteiger partial charge in [0.25, 0.3) is 0 Å². The molecule has 0 unspecified atom stereocenters. The maximum Gasteiger partial charge on any atom is 0.335 e. The Labute approximate surface area is 91.1 Å². The van der Waals surface area contributed by atoms with E-state index in [0.717, 1.165) is 16.5 Å². The Morgan fingerprint density at radius 3 is 2.71 bits per heavy atom. The fraction of sp³-hybridized carbons (Fsp3) is 0.300. The molecule has 0 aromatic heterocycles. The van der Waals surface area contributed by atoms with Crippen LogP contribution in [0.3, 0.4) is 0 Å². The number of aromatic carboxylic acids is 1. The van der Waals surface area contributed by atoms with Gasteiger partial charge in [-0.1, -0.05) is 28.9 Å². The molecule has 0 aliphatic rings. The first-order valence-corrected chi connectivity index (χ1v) is 5.14. The van der Waals surface area contributed by atoms with Gasteiger partial charge in [-0.3, -0.25) is 0 Å². The van der Waals surface area contributed by atoms with Crippen molar-refractivity contribution >= 4 is 21.9 Å². The van der Waals surface area contributed by atoms with E-state index in [9.17, 15) is 4.79 Å². The van der Waals surface area contributed by atoms with Gasteiger partial charge in [0.05, 0.1) is 5.56 Å². The molecule has 1 rings (SSSR count). The molecule has 0 aliphatic heterocycles. The fourth-order valence-corrected chi connectivity index (χ4v) is 1.85. The van der Waals surface area contributed by atoms with Crippen molar-refractivity contribution < 1.29 is 9.90 Å². The van der Waals surface area contributed by atoms with Gasteiger partial charge in [-0.05, 0) is 24.1 Å². The maximum atomic E-state index is 10.7. The number of nitrogens with two attached hydrogens (primary N) is 1. The van der Waals surface area contributed by atoms with Gasteiger partial charge in [0.2, 0.25) is 0 Å². The Balaban J connectivity index is 3.07. The summed E-state index contributed by atoms with van der Waals surface area (Å²) in [6.45, 7) is 1.99. The van der Waals surface area contributed by atoms with E-state index < -0.39 is 5.97 Å². The molecular formula is C10H12BrNO2. The molecule has 3 N–H and O–H groups in total. The third kappa shape index (κ3) is 2.33. The monoisotopic (exact) mass is 257 g/mol. The normalized spacial score (nSPS) is 12.5. The van der Waals surface area contributed by atoms with E-state index in [4.69, 9.17) is 10.8 Å². The highest BCUT2D eigenvalue weighted by Gasteiger charge is 2.10. The summed E-state index contributed by atoms with van der Waals surface area (Å²) < 4.78 is 0.756. The lowest BCUT2D eigenvalue weighted by Gasteiger charge is -2.11. The van der Waals surface area contributed by atoms with Crippen LogP contribution in [0.15, 0.2) is 22.7 Å². The molecular weight excluding hydrogens is 246 g/mol. The predicted molar refractivity (Wildman–Crippen MR) is 58.3 cm³/mol. The molecule has 0 bridgehead atoms. The number of hydrogen-bond donors (Lipinski definition) is 2. The molecule has 0 radical (unpaired) electrons. The largest absolute Gasteiger partial charge is 0.478 e. The lowest BCUT2D eigenvalue weighted by Crippen LogP contribution is -2.10. The van der Waals surface area contributed by atoms with Gasteiger partial charge in [0.15, 0.2) is 0 Å². The van der Waals surface area contributed by atoms with Crippen LogP contribution in [-0.2, 0) is 0 Å². The number of benzene rings is 1. The van der Waals surface area contributed by atoms with Gasteiger partial charge < -0.3 is 10.8 Å². The Bertz CT molecular complexity index is 352. The van der Waals surface area contributed by atoms with Crippen molar-refractivity contribution in [2.24, 2.45) is 5.73 Å². The van der Waals surface area contributed by atoms with Crippen LogP contribution in [0.25, 0.3) is 0 Å². The zero-order valence-electron chi connectivity index (χ0n) is 7.83. The second-order valence-electron chi connectivity index (χ2n) is 3.06. The molecule has 0 saturated carbocycles. The minimum absolute atomic E-state index is 0.0489. The van der Waals surface area contributed by atoms with Crippen molar-refractivity contribution in [3.05, 3.63) is 33.8 Å². The van der Waals surface area contributed by atoms with Gasteiger partial charge in [-0.15, -0.1) is 0 Å². The second kappa shape index (κ2) is 4.57. The van der Waals surface area contributed by atoms with Crippen LogP contribution in [0.5, 0.6) is 0 Å². The number of halogens is 1. The van der Waals surface area contributed by atoms with Crippen LogP contribution in [0.2, 0.25) is 0 Å². The van der Waals surface area contributed by atoms with Gasteiger partial charge in [-0.2, -0.15) is 0 Å². The van der Waals surface area contributed by atoms with E-state index in [1.807, 2.05) is 6.92 Å². The van der Waals surface area contributed by atoms with Gasteiger partial charge in [-0.25, -0.2) is 4.79 Å². The predicted octanol–water partition coefficient (Wildman–Crippen LogP) is 2.56. The minimum Gasteiger partial charge on any atom is -0.478 e. The van der Waals surface area contributed by atoms with E-state index in [0.29, 0.717) is 0 Å². The number of rotatable bonds is 3. The van der Waals surface area contributed by atoms with Crippen LogP contribution in [-0.4, -0.2) is 11.1 Å². The summed E-state index contributed by atoms with van der Waals surface area (Å²) in [5, 5.41) is 8.74. The molecule has 76 valence electrons. The fourth-order valence-electron chi connectivity index (χ4n) is 1.18. The van der Waals surface area contributed by atoms with Crippen molar-refractivity contribution in [1.29, 1.82) is 0 Å². The zero-order valence-corrected chi connectivity index (χ0v) is 9.41. The van der Waals surface area contributed by atoms with Crippen molar-refractivity contribution in [2.45, 2.75) is 19.4 Å². The number of carboxylic acid groups (broad SMARTS) is 1. The average Bonchev–Trinajstić information content (AvgIpc) is 2.16. The summed E-state index contributed by atoms with van der Waals surface area (Å²) >= 11 is 3.31. The third-order valence-electron chi connectivity index (χ3n) is 2.09. The number of hydrogen-bond acceptors (Lipinski definition) is 2. The Morgan fingerprint density at radius 2 is 2.29 bits per heavy atom. The van der Waals surface area contributed by atoms with Gasteiger partial charge in [0.1, 0.15) is 0 Å². The molecule has 1 aromatic rings. The molecule has 14 heavy (non-hydrogen) atoms. The van der Waals surface area contributed by atoms with Crippen LogP contribution < -0.4 is 5.73 Å². The van der Waals surface area contributed by atoms with Crippen LogP contribution in [0.1, 0.15) is 35.3 Å². The molecule has 3 nitrogen and oxygen atoms in total. The molecule has 0 fully saturated rings. The molecule has 1 atom stereocenters. The van der Waals surface area contributed by atoms with Crippen molar-refractivity contribution in [3.63, 3.8) is 0 Å². The summed E-state index contributed by atoms with van der Waals surface area (Å²) in [4.78, 5) is 10.7. The molecule has 0 heterocycles. The Kier molecular flexibility index (Phi) is 3.66. The third-order valence-corrected chi connectivity index (χ3v) is 2.77. The van der Waals surface area contributed by atoms with Crippen LogP contribution >= 0.6 is 15.9 Å². The maximum absolute atomic E-state index is 10.7. The first-order valence-electron chi connectivity index (χ1n) is 4.34. The molecule has 0 amide bonds. The van der Waals surface area contributed by atoms with Gasteiger partial charge in [0, 0.05) is 10.5 Å². The highest BCUT2D eigenvalue weighted by Crippen LogP contribution is 2.25. The zero-order chi connectivity index (χ0) is 10.7. The van der Waals surface area contributed by atoms with E-state index >= 15 is 0 Å². The number of carboxylic acids is 1. The molecule has 0 aliphatic carbocycles. The van der Waals surface area contributed by atoms with E-state index in [1.165, 1.54) is 0 Å². The summed E-state index contributed by atoms with van der Waals surface area (Å²) in [6, 6.07) is 4.85. The number of carbonyl (C=O) groups is 1. The van der Waals surface area contributed by atoms with Crippen molar-refractivity contribution in [1.82, 2.24) is 0 Å². The van der Waals surface area contributed by atoms with Crippen molar-refractivity contribution in [2.75, 3.05) is 0 Å². The molecule has 1 aromatic carbocycles.